The van der Waals surface area contributed by atoms with Crippen molar-refractivity contribution in [3.8, 4) is 0 Å². The fourth-order valence-electron chi connectivity index (χ4n) is 3.85. The Morgan fingerprint density at radius 2 is 1.56 bits per heavy atom. The number of nitrogens with one attached hydrogen (secondary N) is 1. The van der Waals surface area contributed by atoms with Gasteiger partial charge in [0.2, 0.25) is 0 Å². The second-order valence-corrected chi connectivity index (χ2v) is 7.23. The van der Waals surface area contributed by atoms with Crippen molar-refractivity contribution in [1.29, 1.82) is 0 Å². The van der Waals surface area contributed by atoms with Crippen molar-refractivity contribution in [3.05, 3.63) is 71.8 Å². The highest BCUT2D eigenvalue weighted by atomic mass is 16.6. The van der Waals surface area contributed by atoms with Gasteiger partial charge in [-0.3, -0.25) is 0 Å². The first-order chi connectivity index (χ1) is 13.3. The van der Waals surface area contributed by atoms with Gasteiger partial charge in [-0.25, -0.2) is 0 Å². The smallest absolute Gasteiger partial charge is 0.114 e. The zero-order valence-corrected chi connectivity index (χ0v) is 15.4. The quantitative estimate of drug-likeness (QED) is 0.784. The van der Waals surface area contributed by atoms with E-state index in [-0.39, 0.29) is 24.4 Å². The minimum Gasteiger partial charge on any atom is -0.391 e. The Morgan fingerprint density at radius 3 is 2.15 bits per heavy atom. The van der Waals surface area contributed by atoms with E-state index < -0.39 is 6.10 Å². The van der Waals surface area contributed by atoms with E-state index in [1.54, 1.807) is 0 Å². The zero-order valence-electron chi connectivity index (χ0n) is 15.4. The Morgan fingerprint density at radius 1 is 0.926 bits per heavy atom. The summed E-state index contributed by atoms with van der Waals surface area (Å²) in [6.45, 7) is 2.29. The maximum absolute atomic E-state index is 10.3. The van der Waals surface area contributed by atoms with E-state index in [0.717, 1.165) is 24.1 Å². The molecular weight excluding hydrogens is 342 g/mol. The molecule has 2 saturated heterocycles. The van der Waals surface area contributed by atoms with Crippen LogP contribution in [0.15, 0.2) is 60.7 Å². The van der Waals surface area contributed by atoms with Crippen molar-refractivity contribution in [2.45, 2.75) is 50.1 Å². The lowest BCUT2D eigenvalue weighted by Crippen LogP contribution is -2.49. The third-order valence-electron chi connectivity index (χ3n) is 5.32. The summed E-state index contributed by atoms with van der Waals surface area (Å²) in [7, 11) is 0. The topological polar surface area (TPSA) is 60.0 Å². The molecule has 2 aromatic rings. The van der Waals surface area contributed by atoms with Crippen LogP contribution in [0.1, 0.15) is 17.5 Å². The summed E-state index contributed by atoms with van der Waals surface area (Å²) in [5, 5.41) is 13.7. The van der Waals surface area contributed by atoms with Crippen molar-refractivity contribution in [1.82, 2.24) is 5.32 Å². The summed E-state index contributed by atoms with van der Waals surface area (Å²) < 4.78 is 18.5. The van der Waals surface area contributed by atoms with Crippen LogP contribution >= 0.6 is 0 Å². The number of benzene rings is 2. The van der Waals surface area contributed by atoms with Gasteiger partial charge >= 0.3 is 0 Å². The van der Waals surface area contributed by atoms with Gasteiger partial charge in [0, 0.05) is 0 Å². The first-order valence-corrected chi connectivity index (χ1v) is 9.65. The van der Waals surface area contributed by atoms with Gasteiger partial charge in [0.25, 0.3) is 0 Å². The standard InChI is InChI=1S/C22H27NO4/c24-18-11-12-23-20(18)22-21(26-14-17-9-5-2-6-10-17)19(15-27-22)25-13-16-7-3-1-4-8-16/h1-10,18-24H,11-15H2/t18-,19-,20+,21+,22+/m0/s1. The summed E-state index contributed by atoms with van der Waals surface area (Å²) in [6, 6.07) is 20.1. The van der Waals surface area contributed by atoms with Crippen LogP contribution in [0.5, 0.6) is 0 Å². The van der Waals surface area contributed by atoms with Gasteiger partial charge in [-0.1, -0.05) is 60.7 Å². The molecule has 0 spiro atoms. The summed E-state index contributed by atoms with van der Waals surface area (Å²) in [5.74, 6) is 0. The molecule has 5 nitrogen and oxygen atoms in total. The van der Waals surface area contributed by atoms with Gasteiger partial charge in [-0.05, 0) is 24.1 Å². The van der Waals surface area contributed by atoms with Gasteiger partial charge in [-0.15, -0.1) is 0 Å². The second-order valence-electron chi connectivity index (χ2n) is 7.23. The van der Waals surface area contributed by atoms with Crippen molar-refractivity contribution < 1.29 is 19.3 Å². The Bertz CT molecular complexity index is 696. The number of aliphatic hydroxyl groups excluding tert-OH is 1. The first kappa shape index (κ1) is 18.6. The third-order valence-corrected chi connectivity index (χ3v) is 5.32. The fourth-order valence-corrected chi connectivity index (χ4v) is 3.85. The van der Waals surface area contributed by atoms with Gasteiger partial charge in [0.05, 0.1) is 32.0 Å². The van der Waals surface area contributed by atoms with Gasteiger partial charge < -0.3 is 24.6 Å². The molecule has 0 unspecified atom stereocenters. The molecule has 0 amide bonds. The van der Waals surface area contributed by atoms with E-state index in [2.05, 4.69) is 17.4 Å². The molecule has 144 valence electrons. The highest BCUT2D eigenvalue weighted by Gasteiger charge is 2.46. The highest BCUT2D eigenvalue weighted by Crippen LogP contribution is 2.28. The molecule has 2 aliphatic rings. The molecule has 4 rings (SSSR count). The zero-order chi connectivity index (χ0) is 18.5. The van der Waals surface area contributed by atoms with Crippen LogP contribution in [-0.4, -0.2) is 48.7 Å². The Balaban J connectivity index is 1.43. The second kappa shape index (κ2) is 8.95. The fraction of sp³-hybridized carbons (Fsp3) is 0.455. The van der Waals surface area contributed by atoms with Crippen LogP contribution in [-0.2, 0) is 27.4 Å². The van der Waals surface area contributed by atoms with E-state index in [1.807, 2.05) is 48.5 Å². The lowest BCUT2D eigenvalue weighted by molar-refractivity contribution is -0.0846. The van der Waals surface area contributed by atoms with E-state index in [4.69, 9.17) is 14.2 Å². The summed E-state index contributed by atoms with van der Waals surface area (Å²) in [4.78, 5) is 0. The predicted octanol–water partition coefficient (Wildman–Crippen LogP) is 2.28. The molecule has 2 aromatic carbocycles. The van der Waals surface area contributed by atoms with Crippen LogP contribution in [0.4, 0.5) is 0 Å². The molecule has 2 fully saturated rings. The molecular formula is C22H27NO4. The van der Waals surface area contributed by atoms with Crippen molar-refractivity contribution in [2.24, 2.45) is 0 Å². The highest BCUT2D eigenvalue weighted by molar-refractivity contribution is 5.14. The Labute approximate surface area is 160 Å². The Kier molecular flexibility index (Phi) is 6.17. The minimum absolute atomic E-state index is 0.115. The summed E-state index contributed by atoms with van der Waals surface area (Å²) in [6.07, 6.45) is -0.267. The summed E-state index contributed by atoms with van der Waals surface area (Å²) >= 11 is 0. The maximum Gasteiger partial charge on any atom is 0.114 e. The van der Waals surface area contributed by atoms with Crippen LogP contribution in [0.3, 0.4) is 0 Å². The van der Waals surface area contributed by atoms with E-state index in [1.165, 1.54) is 0 Å². The molecule has 0 saturated carbocycles. The largest absolute Gasteiger partial charge is 0.391 e. The number of hydrogen-bond donors (Lipinski definition) is 2. The molecule has 2 N–H and O–H groups in total. The molecule has 2 heterocycles. The van der Waals surface area contributed by atoms with Gasteiger partial charge in [-0.2, -0.15) is 0 Å². The molecule has 27 heavy (non-hydrogen) atoms. The normalized spacial score (nSPS) is 30.6. The maximum atomic E-state index is 10.3. The van der Waals surface area contributed by atoms with Crippen LogP contribution in [0.2, 0.25) is 0 Å². The first-order valence-electron chi connectivity index (χ1n) is 9.65. The lowest BCUT2D eigenvalue weighted by atomic mass is 10.00. The molecule has 0 aliphatic carbocycles. The van der Waals surface area contributed by atoms with Crippen LogP contribution in [0.25, 0.3) is 0 Å². The number of rotatable bonds is 7. The average molecular weight is 369 g/mol. The summed E-state index contributed by atoms with van der Waals surface area (Å²) in [5.41, 5.74) is 2.24. The van der Waals surface area contributed by atoms with E-state index >= 15 is 0 Å². The van der Waals surface area contributed by atoms with E-state index in [9.17, 15) is 5.11 Å². The number of ether oxygens (including phenoxy) is 3. The van der Waals surface area contributed by atoms with Crippen molar-refractivity contribution in [2.75, 3.05) is 13.2 Å². The monoisotopic (exact) mass is 369 g/mol. The predicted molar refractivity (Wildman–Crippen MR) is 102 cm³/mol. The molecule has 5 heteroatoms. The molecule has 2 aliphatic heterocycles. The third kappa shape index (κ3) is 4.57. The lowest BCUT2D eigenvalue weighted by Gasteiger charge is -2.29. The molecule has 0 radical (unpaired) electrons. The number of aliphatic hydroxyl groups is 1. The van der Waals surface area contributed by atoms with Crippen molar-refractivity contribution >= 4 is 0 Å². The molecule has 0 aromatic heterocycles. The van der Waals surface area contributed by atoms with Crippen molar-refractivity contribution in [3.63, 3.8) is 0 Å². The number of hydrogen-bond acceptors (Lipinski definition) is 5. The van der Waals surface area contributed by atoms with Gasteiger partial charge in [0.1, 0.15) is 18.3 Å². The van der Waals surface area contributed by atoms with Crippen LogP contribution < -0.4 is 5.32 Å². The minimum atomic E-state index is -0.411. The SMILES string of the molecule is O[C@H]1CCN[C@H]1[C@H]1OC[C@H](OCc2ccccc2)[C@H]1OCc1ccccc1. The van der Waals surface area contributed by atoms with E-state index in [0.29, 0.717) is 19.8 Å². The molecule has 5 atom stereocenters. The van der Waals surface area contributed by atoms with Crippen LogP contribution in [0, 0.1) is 0 Å². The molecule has 0 bridgehead atoms. The van der Waals surface area contributed by atoms with Gasteiger partial charge in [0.15, 0.2) is 0 Å². The Hall–Kier alpha value is -1.76. The average Bonchev–Trinajstić information content (AvgIpc) is 3.31.